The first-order chi connectivity index (χ1) is 15.7. The van der Waals surface area contributed by atoms with Crippen LogP contribution in [0.5, 0.6) is 5.75 Å². The summed E-state index contributed by atoms with van der Waals surface area (Å²) in [6.45, 7) is 2.14. The lowest BCUT2D eigenvalue weighted by atomic mass is 10.00. The molecule has 1 N–H and O–H groups in total. The lowest BCUT2D eigenvalue weighted by Gasteiger charge is -2.32. The number of ether oxygens (including phenoxy) is 1. The summed E-state index contributed by atoms with van der Waals surface area (Å²) in [7, 11) is 1.62. The second-order valence-corrected chi connectivity index (χ2v) is 9.53. The number of hydrogen-bond donors (Lipinski definition) is 1. The third-order valence-electron chi connectivity index (χ3n) is 7.84. The number of nitrogens with one attached hydrogen (secondary N) is 1. The number of methoxy groups -OCH3 is 1. The Balaban J connectivity index is 1.27. The Labute approximate surface area is 188 Å². The molecule has 3 heterocycles. The van der Waals surface area contributed by atoms with Crippen LogP contribution in [0.15, 0.2) is 42.6 Å². The standard InChI is InChI=1S/C27H29FN3O/c1-32-26-6-5-20(28)15-23(26)22-7-10-29-27-24(22)16-25(30-27)17-8-11-31(12-9-17)21-13-18-3-2-4-19(18)14-21/h2,5-8,10,15-16,18-19,21H,3-4,9,11-14H2,1H3,(H,29,30)/t18-,19+,21+. The van der Waals surface area contributed by atoms with E-state index in [9.17, 15) is 4.39 Å². The lowest BCUT2D eigenvalue weighted by molar-refractivity contribution is 0.211. The monoisotopic (exact) mass is 430 g/mol. The Hall–Kier alpha value is -2.66. The zero-order chi connectivity index (χ0) is 21.7. The fourth-order valence-corrected chi connectivity index (χ4v) is 6.17. The lowest BCUT2D eigenvalue weighted by Crippen LogP contribution is -2.37. The van der Waals surface area contributed by atoms with E-state index < -0.39 is 0 Å². The molecule has 3 aromatic rings. The van der Waals surface area contributed by atoms with E-state index >= 15 is 0 Å². The van der Waals surface area contributed by atoms with Gasteiger partial charge in [0.2, 0.25) is 0 Å². The summed E-state index contributed by atoms with van der Waals surface area (Å²) in [6.07, 6.45) is 13.1. The number of H-pyrrole nitrogens is 1. The van der Waals surface area contributed by atoms with Gasteiger partial charge in [-0.1, -0.05) is 6.08 Å². The molecular formula is C27H29FN3O. The summed E-state index contributed by atoms with van der Waals surface area (Å²) < 4.78 is 19.5. The number of rotatable bonds is 4. The highest BCUT2D eigenvalue weighted by Crippen LogP contribution is 2.45. The summed E-state index contributed by atoms with van der Waals surface area (Å²) >= 11 is 0. The first-order valence-electron chi connectivity index (χ1n) is 11.8. The van der Waals surface area contributed by atoms with Crippen LogP contribution in [0.25, 0.3) is 27.7 Å². The number of halogens is 1. The smallest absolute Gasteiger partial charge is 0.138 e. The molecule has 1 aromatic carbocycles. The molecule has 2 aromatic heterocycles. The van der Waals surface area contributed by atoms with E-state index in [1.165, 1.54) is 43.4 Å². The van der Waals surface area contributed by atoms with Gasteiger partial charge in [0.05, 0.1) is 7.11 Å². The maximum absolute atomic E-state index is 14.0. The highest BCUT2D eigenvalue weighted by atomic mass is 19.1. The molecule has 3 atom stereocenters. The van der Waals surface area contributed by atoms with Crippen LogP contribution in [-0.2, 0) is 0 Å². The number of fused-ring (bicyclic) bond motifs is 2. The summed E-state index contributed by atoms with van der Waals surface area (Å²) in [4.78, 5) is 10.7. The summed E-state index contributed by atoms with van der Waals surface area (Å²) in [5, 5.41) is 0.995. The Kier molecular flexibility index (Phi) is 5.02. The average molecular weight is 431 g/mol. The van der Waals surface area contributed by atoms with Crippen molar-refractivity contribution in [2.75, 3.05) is 20.2 Å². The van der Waals surface area contributed by atoms with Gasteiger partial charge in [0.1, 0.15) is 17.2 Å². The van der Waals surface area contributed by atoms with Crippen molar-refractivity contribution < 1.29 is 9.13 Å². The second-order valence-electron chi connectivity index (χ2n) is 9.53. The van der Waals surface area contributed by atoms with E-state index in [-0.39, 0.29) is 5.82 Å². The van der Waals surface area contributed by atoms with E-state index in [0.717, 1.165) is 65.2 Å². The van der Waals surface area contributed by atoms with Gasteiger partial charge < -0.3 is 9.72 Å². The molecule has 1 aliphatic heterocycles. The van der Waals surface area contributed by atoms with E-state index in [1.807, 2.05) is 6.07 Å². The molecule has 0 unspecified atom stereocenters. The van der Waals surface area contributed by atoms with Gasteiger partial charge in [-0.15, -0.1) is 0 Å². The Morgan fingerprint density at radius 3 is 2.69 bits per heavy atom. The highest BCUT2D eigenvalue weighted by molar-refractivity contribution is 5.96. The number of aromatic nitrogens is 2. The largest absolute Gasteiger partial charge is 0.496 e. The van der Waals surface area contributed by atoms with E-state index in [1.54, 1.807) is 19.4 Å². The molecule has 2 fully saturated rings. The molecule has 6 rings (SSSR count). The number of pyridine rings is 1. The minimum atomic E-state index is -0.273. The van der Waals surface area contributed by atoms with Crippen LogP contribution in [0.2, 0.25) is 0 Å². The van der Waals surface area contributed by atoms with Crippen LogP contribution < -0.4 is 4.74 Å². The topological polar surface area (TPSA) is 41.1 Å². The summed E-state index contributed by atoms with van der Waals surface area (Å²) in [5.41, 5.74) is 4.97. The van der Waals surface area contributed by atoms with Crippen molar-refractivity contribution in [3.05, 3.63) is 60.5 Å². The van der Waals surface area contributed by atoms with Gasteiger partial charge >= 0.3 is 0 Å². The Bertz CT molecular complexity index is 1170. The summed E-state index contributed by atoms with van der Waals surface area (Å²) in [6, 6.07) is 9.50. The number of nitrogens with zero attached hydrogens (tertiary/aromatic N) is 2. The molecule has 1 radical (unpaired) electrons. The molecule has 0 spiro atoms. The van der Waals surface area contributed by atoms with Crippen LogP contribution in [0.3, 0.4) is 0 Å². The van der Waals surface area contributed by atoms with E-state index in [4.69, 9.17) is 4.74 Å². The molecular weight excluding hydrogens is 401 g/mol. The number of hydrogen-bond acceptors (Lipinski definition) is 3. The molecule has 3 aliphatic rings. The van der Waals surface area contributed by atoms with Crippen LogP contribution in [0.4, 0.5) is 4.39 Å². The first-order valence-corrected chi connectivity index (χ1v) is 11.8. The predicted octanol–water partition coefficient (Wildman–Crippen LogP) is 5.86. The van der Waals surface area contributed by atoms with Crippen LogP contribution in [0.1, 0.15) is 37.8 Å². The van der Waals surface area contributed by atoms with E-state index in [0.29, 0.717) is 5.75 Å². The molecule has 4 nitrogen and oxygen atoms in total. The van der Waals surface area contributed by atoms with Crippen molar-refractivity contribution in [2.45, 2.75) is 38.1 Å². The molecule has 2 saturated carbocycles. The predicted molar refractivity (Wildman–Crippen MR) is 126 cm³/mol. The van der Waals surface area contributed by atoms with Crippen molar-refractivity contribution in [2.24, 2.45) is 11.8 Å². The molecule has 0 saturated heterocycles. The quantitative estimate of drug-likeness (QED) is 0.564. The molecule has 165 valence electrons. The van der Waals surface area contributed by atoms with Crippen LogP contribution in [0, 0.1) is 24.1 Å². The molecule has 0 bridgehead atoms. The van der Waals surface area contributed by atoms with Crippen molar-refractivity contribution in [1.29, 1.82) is 0 Å². The first kappa shape index (κ1) is 20.0. The second kappa shape index (κ2) is 8.04. The van der Waals surface area contributed by atoms with E-state index in [2.05, 4.69) is 33.4 Å². The van der Waals surface area contributed by atoms with Crippen molar-refractivity contribution >= 4 is 16.6 Å². The molecule has 2 aliphatic carbocycles. The zero-order valence-electron chi connectivity index (χ0n) is 18.5. The average Bonchev–Trinajstić information content (AvgIpc) is 3.53. The van der Waals surface area contributed by atoms with Gasteiger partial charge in [0, 0.05) is 42.0 Å². The Morgan fingerprint density at radius 1 is 1.09 bits per heavy atom. The third kappa shape index (κ3) is 3.43. The van der Waals surface area contributed by atoms with Crippen molar-refractivity contribution in [1.82, 2.24) is 14.9 Å². The minimum absolute atomic E-state index is 0.273. The molecule has 32 heavy (non-hydrogen) atoms. The maximum Gasteiger partial charge on any atom is 0.138 e. The Morgan fingerprint density at radius 2 is 1.94 bits per heavy atom. The van der Waals surface area contributed by atoms with Crippen LogP contribution >= 0.6 is 0 Å². The van der Waals surface area contributed by atoms with Gasteiger partial charge in [-0.2, -0.15) is 0 Å². The van der Waals surface area contributed by atoms with Crippen LogP contribution in [-0.4, -0.2) is 41.1 Å². The molecule has 5 heteroatoms. The van der Waals surface area contributed by atoms with Gasteiger partial charge in [-0.25, -0.2) is 9.37 Å². The van der Waals surface area contributed by atoms with Gasteiger partial charge in [0.25, 0.3) is 0 Å². The van der Waals surface area contributed by atoms with Crippen molar-refractivity contribution in [3.8, 4) is 16.9 Å². The third-order valence-corrected chi connectivity index (χ3v) is 7.84. The fraction of sp³-hybridized carbons (Fsp3) is 0.407. The zero-order valence-corrected chi connectivity index (χ0v) is 18.5. The fourth-order valence-electron chi connectivity index (χ4n) is 6.17. The maximum atomic E-state index is 14.0. The molecule has 0 amide bonds. The summed E-state index contributed by atoms with van der Waals surface area (Å²) in [5.74, 6) is 2.26. The SMILES string of the molecule is COc1ccc(F)cc1-c1ccnc2[nH]c(C3=CCN([C@H]4C[C@H]5C[CH]C[C@H]5C4)CC3)cc12. The van der Waals surface area contributed by atoms with Gasteiger partial charge in [0.15, 0.2) is 0 Å². The highest BCUT2D eigenvalue weighted by Gasteiger charge is 2.39. The van der Waals surface area contributed by atoms with Gasteiger partial charge in [-0.05, 0) is 91.8 Å². The number of aromatic amines is 1. The van der Waals surface area contributed by atoms with Gasteiger partial charge in [-0.3, -0.25) is 4.90 Å². The minimum Gasteiger partial charge on any atom is -0.496 e. The van der Waals surface area contributed by atoms with Crippen molar-refractivity contribution in [3.63, 3.8) is 0 Å². The normalized spacial score (nSPS) is 25.8. The number of benzene rings is 1.